The molecule has 0 bridgehead atoms. The fraction of sp³-hybridized carbons (Fsp3) is 0.440. The third kappa shape index (κ3) is 8.07. The molecule has 2 aromatic carbocycles. The molecule has 33 heavy (non-hydrogen) atoms. The number of amides is 3. The van der Waals surface area contributed by atoms with Gasteiger partial charge in [-0.15, -0.1) is 0 Å². The van der Waals surface area contributed by atoms with Crippen molar-refractivity contribution in [3.8, 4) is 11.5 Å². The van der Waals surface area contributed by atoms with Gasteiger partial charge in [0.2, 0.25) is 5.91 Å². The van der Waals surface area contributed by atoms with Gasteiger partial charge in [0.25, 0.3) is 0 Å². The van der Waals surface area contributed by atoms with E-state index < -0.39 is 6.10 Å². The van der Waals surface area contributed by atoms with E-state index in [2.05, 4.69) is 16.0 Å². The number of carbonyl (C=O) groups is 2. The molecule has 1 aliphatic rings. The highest BCUT2D eigenvalue weighted by molar-refractivity contribution is 5.76. The molecule has 1 aliphatic heterocycles. The van der Waals surface area contributed by atoms with Crippen LogP contribution in [0.2, 0.25) is 0 Å². The minimum Gasteiger partial charge on any atom is -0.457 e. The average Bonchev–Trinajstić information content (AvgIpc) is 2.80. The van der Waals surface area contributed by atoms with Gasteiger partial charge in [0.05, 0.1) is 25.2 Å². The van der Waals surface area contributed by atoms with Crippen molar-refractivity contribution < 1.29 is 24.2 Å². The van der Waals surface area contributed by atoms with Crippen LogP contribution in [0.3, 0.4) is 0 Å². The summed E-state index contributed by atoms with van der Waals surface area (Å²) in [4.78, 5) is 24.4. The van der Waals surface area contributed by atoms with E-state index in [9.17, 15) is 14.7 Å². The molecule has 2 aromatic rings. The Hall–Kier alpha value is -3.10. The fourth-order valence-corrected chi connectivity index (χ4v) is 3.70. The van der Waals surface area contributed by atoms with Crippen molar-refractivity contribution in [2.24, 2.45) is 0 Å². The van der Waals surface area contributed by atoms with Crippen molar-refractivity contribution in [3.63, 3.8) is 0 Å². The number of aliphatic hydroxyl groups is 1. The van der Waals surface area contributed by atoms with Gasteiger partial charge in [-0.3, -0.25) is 4.79 Å². The number of nitrogens with one attached hydrogen (secondary N) is 3. The molecule has 8 nitrogen and oxygen atoms in total. The molecule has 1 saturated heterocycles. The van der Waals surface area contributed by atoms with Crippen LogP contribution in [0.1, 0.15) is 38.7 Å². The zero-order valence-electron chi connectivity index (χ0n) is 19.1. The Bertz CT molecular complexity index is 889. The highest BCUT2D eigenvalue weighted by Crippen LogP contribution is 2.23. The Labute approximate surface area is 194 Å². The predicted octanol–water partition coefficient (Wildman–Crippen LogP) is 3.10. The topological polar surface area (TPSA) is 109 Å². The van der Waals surface area contributed by atoms with Crippen LogP contribution in [0.5, 0.6) is 11.5 Å². The molecule has 0 unspecified atom stereocenters. The molecule has 3 atom stereocenters. The van der Waals surface area contributed by atoms with Gasteiger partial charge in [-0.1, -0.05) is 30.3 Å². The lowest BCUT2D eigenvalue weighted by Gasteiger charge is -2.36. The van der Waals surface area contributed by atoms with Gasteiger partial charge in [-0.25, -0.2) is 4.79 Å². The number of benzene rings is 2. The van der Waals surface area contributed by atoms with E-state index in [1.54, 1.807) is 0 Å². The van der Waals surface area contributed by atoms with E-state index in [1.165, 1.54) is 0 Å². The second kappa shape index (κ2) is 12.2. The zero-order chi connectivity index (χ0) is 23.6. The number of carbonyl (C=O) groups excluding carboxylic acids is 2. The summed E-state index contributed by atoms with van der Waals surface area (Å²) in [6.07, 6.45) is 0.637. The molecule has 0 radical (unpaired) electrons. The van der Waals surface area contributed by atoms with Crippen molar-refractivity contribution in [2.75, 3.05) is 6.61 Å². The molecule has 178 valence electrons. The minimum absolute atomic E-state index is 0.0196. The molecule has 1 fully saturated rings. The molecule has 0 aromatic heterocycles. The van der Waals surface area contributed by atoms with Crippen molar-refractivity contribution in [1.82, 2.24) is 16.0 Å². The fourth-order valence-electron chi connectivity index (χ4n) is 3.70. The number of urea groups is 1. The summed E-state index contributed by atoms with van der Waals surface area (Å²) < 4.78 is 11.7. The smallest absolute Gasteiger partial charge is 0.315 e. The van der Waals surface area contributed by atoms with Crippen LogP contribution in [-0.2, 0) is 16.1 Å². The molecule has 4 N–H and O–H groups in total. The molecular formula is C25H33N3O5. The highest BCUT2D eigenvalue weighted by Gasteiger charge is 2.32. The standard InChI is InChI=1S/C25H33N3O5/c1-17(2)27-25(31)28-22-13-12-21(33-23(22)16-29)14-24(30)26-15-18-8-10-20(11-9-18)32-19-6-4-3-5-7-19/h3-11,17,21-23,29H,12-16H2,1-2H3,(H,26,30)(H2,27,28,31)/t21-,22+,23+/m0/s1. The van der Waals surface area contributed by atoms with E-state index in [0.29, 0.717) is 19.4 Å². The number of hydrogen-bond donors (Lipinski definition) is 4. The second-order valence-corrected chi connectivity index (χ2v) is 8.48. The summed E-state index contributed by atoms with van der Waals surface area (Å²) in [5.41, 5.74) is 0.960. The van der Waals surface area contributed by atoms with Crippen LogP contribution in [0.15, 0.2) is 54.6 Å². The average molecular weight is 456 g/mol. The number of ether oxygens (including phenoxy) is 2. The molecule has 0 aliphatic carbocycles. The summed E-state index contributed by atoms with van der Waals surface area (Å²) in [6.45, 7) is 3.94. The summed E-state index contributed by atoms with van der Waals surface area (Å²) in [7, 11) is 0. The largest absolute Gasteiger partial charge is 0.457 e. The molecule has 3 amide bonds. The van der Waals surface area contributed by atoms with Gasteiger partial charge in [-0.2, -0.15) is 0 Å². The Morgan fingerprint density at radius 2 is 1.76 bits per heavy atom. The maximum atomic E-state index is 12.4. The Balaban J connectivity index is 1.41. The van der Waals surface area contributed by atoms with E-state index in [-0.39, 0.29) is 43.2 Å². The van der Waals surface area contributed by atoms with Gasteiger partial charge in [0.15, 0.2) is 0 Å². The van der Waals surface area contributed by atoms with Crippen molar-refractivity contribution >= 4 is 11.9 Å². The first-order valence-corrected chi connectivity index (χ1v) is 11.3. The Morgan fingerprint density at radius 3 is 2.42 bits per heavy atom. The molecule has 8 heteroatoms. The predicted molar refractivity (Wildman–Crippen MR) is 125 cm³/mol. The minimum atomic E-state index is -0.536. The SMILES string of the molecule is CC(C)NC(=O)N[C@@H]1CC[C@@H](CC(=O)NCc2ccc(Oc3ccccc3)cc2)O[C@@H]1CO. The lowest BCUT2D eigenvalue weighted by atomic mass is 9.97. The van der Waals surface area contributed by atoms with E-state index in [4.69, 9.17) is 9.47 Å². The maximum absolute atomic E-state index is 12.4. The van der Waals surface area contributed by atoms with Crippen molar-refractivity contribution in [2.45, 2.75) is 63.9 Å². The van der Waals surface area contributed by atoms with Gasteiger partial charge < -0.3 is 30.5 Å². The monoisotopic (exact) mass is 455 g/mol. The molecule has 1 heterocycles. The lowest BCUT2D eigenvalue weighted by Crippen LogP contribution is -2.54. The lowest BCUT2D eigenvalue weighted by molar-refractivity contribution is -0.130. The van der Waals surface area contributed by atoms with Gasteiger partial charge >= 0.3 is 6.03 Å². The number of para-hydroxylation sites is 1. The van der Waals surface area contributed by atoms with Gasteiger partial charge in [-0.05, 0) is 56.5 Å². The maximum Gasteiger partial charge on any atom is 0.315 e. The molecular weight excluding hydrogens is 422 g/mol. The molecule has 0 spiro atoms. The number of aliphatic hydroxyl groups excluding tert-OH is 1. The summed E-state index contributed by atoms with van der Waals surface area (Å²) in [5, 5.41) is 18.2. The summed E-state index contributed by atoms with van der Waals surface area (Å²) >= 11 is 0. The molecule has 0 saturated carbocycles. The first-order chi connectivity index (χ1) is 15.9. The highest BCUT2D eigenvalue weighted by atomic mass is 16.5. The van der Waals surface area contributed by atoms with Crippen LogP contribution in [0, 0.1) is 0 Å². The third-order valence-corrected chi connectivity index (χ3v) is 5.34. The van der Waals surface area contributed by atoms with Crippen molar-refractivity contribution in [3.05, 3.63) is 60.2 Å². The van der Waals surface area contributed by atoms with Crippen LogP contribution in [-0.4, -0.2) is 47.9 Å². The number of hydrogen-bond acceptors (Lipinski definition) is 5. The van der Waals surface area contributed by atoms with E-state index in [1.807, 2.05) is 68.4 Å². The second-order valence-electron chi connectivity index (χ2n) is 8.48. The van der Waals surface area contributed by atoms with E-state index >= 15 is 0 Å². The quantitative estimate of drug-likeness (QED) is 0.465. The first kappa shape index (κ1) is 24.5. The van der Waals surface area contributed by atoms with Crippen LogP contribution in [0.4, 0.5) is 4.79 Å². The van der Waals surface area contributed by atoms with Gasteiger partial charge in [0.1, 0.15) is 17.6 Å². The molecule has 3 rings (SSSR count). The van der Waals surface area contributed by atoms with Gasteiger partial charge in [0, 0.05) is 12.6 Å². The Morgan fingerprint density at radius 1 is 1.06 bits per heavy atom. The zero-order valence-corrected chi connectivity index (χ0v) is 19.1. The summed E-state index contributed by atoms with van der Waals surface area (Å²) in [5.74, 6) is 1.38. The van der Waals surface area contributed by atoms with Crippen molar-refractivity contribution in [1.29, 1.82) is 0 Å². The number of rotatable bonds is 9. The summed E-state index contributed by atoms with van der Waals surface area (Å²) in [6, 6.07) is 16.6. The van der Waals surface area contributed by atoms with Crippen LogP contribution in [0.25, 0.3) is 0 Å². The third-order valence-electron chi connectivity index (χ3n) is 5.34. The normalized spacial score (nSPS) is 20.2. The van der Waals surface area contributed by atoms with E-state index in [0.717, 1.165) is 17.1 Å². The van der Waals surface area contributed by atoms with Crippen LogP contribution < -0.4 is 20.7 Å². The first-order valence-electron chi connectivity index (χ1n) is 11.3. The Kier molecular flexibility index (Phi) is 9.09. The van der Waals surface area contributed by atoms with Crippen LogP contribution >= 0.6 is 0 Å².